The summed E-state index contributed by atoms with van der Waals surface area (Å²) < 4.78 is 0. The predicted molar refractivity (Wildman–Crippen MR) is 97.9 cm³/mol. The van der Waals surface area contributed by atoms with Crippen molar-refractivity contribution in [2.24, 2.45) is 5.73 Å². The van der Waals surface area contributed by atoms with E-state index < -0.39 is 5.91 Å². The number of amides is 2. The number of hydrogen-bond donors (Lipinski definition) is 2. The third kappa shape index (κ3) is 3.79. The summed E-state index contributed by atoms with van der Waals surface area (Å²) in [5, 5.41) is 4.17. The molecule has 126 valence electrons. The number of thiophene rings is 1. The van der Waals surface area contributed by atoms with Crippen LogP contribution in [0.5, 0.6) is 0 Å². The van der Waals surface area contributed by atoms with Crippen LogP contribution in [0, 0.1) is 0 Å². The molecular weight excluding hydrogens is 344 g/mol. The van der Waals surface area contributed by atoms with Crippen molar-refractivity contribution in [3.05, 3.63) is 50.9 Å². The van der Waals surface area contributed by atoms with Crippen LogP contribution in [0.1, 0.15) is 45.6 Å². The highest BCUT2D eigenvalue weighted by molar-refractivity contribution is 7.17. The normalized spacial score (nSPS) is 13.4. The maximum atomic E-state index is 12.3. The topological polar surface area (TPSA) is 72.2 Å². The van der Waals surface area contributed by atoms with Crippen LogP contribution < -0.4 is 11.1 Å². The summed E-state index contributed by atoms with van der Waals surface area (Å²) in [6.07, 6.45) is 4.98. The molecule has 0 saturated heterocycles. The molecule has 1 heterocycles. The molecule has 0 fully saturated rings. The first kappa shape index (κ1) is 17.0. The lowest BCUT2D eigenvalue weighted by Crippen LogP contribution is -2.18. The van der Waals surface area contributed by atoms with E-state index in [0.29, 0.717) is 28.4 Å². The average Bonchev–Trinajstić information content (AvgIpc) is 2.92. The van der Waals surface area contributed by atoms with Gasteiger partial charge in [-0.05, 0) is 55.4 Å². The van der Waals surface area contributed by atoms with E-state index in [2.05, 4.69) is 5.32 Å². The molecule has 4 nitrogen and oxygen atoms in total. The number of benzene rings is 1. The molecule has 0 saturated carbocycles. The first-order valence-corrected chi connectivity index (χ1v) is 9.22. The second kappa shape index (κ2) is 7.36. The number of fused-ring (bicyclic) bond motifs is 1. The van der Waals surface area contributed by atoms with Gasteiger partial charge in [-0.3, -0.25) is 9.59 Å². The Morgan fingerprint density at radius 2 is 1.88 bits per heavy atom. The fourth-order valence-corrected chi connectivity index (χ4v) is 4.45. The summed E-state index contributed by atoms with van der Waals surface area (Å²) in [6, 6.07) is 7.45. The number of nitrogens with one attached hydrogen (secondary N) is 1. The zero-order valence-electron chi connectivity index (χ0n) is 13.2. The molecule has 0 radical (unpaired) electrons. The molecule has 6 heteroatoms. The molecule has 3 N–H and O–H groups in total. The summed E-state index contributed by atoms with van der Waals surface area (Å²) >= 11 is 7.35. The van der Waals surface area contributed by atoms with E-state index in [1.807, 2.05) is 24.3 Å². The zero-order chi connectivity index (χ0) is 17.1. The molecule has 0 atom stereocenters. The Bertz CT molecular complexity index is 768. The van der Waals surface area contributed by atoms with Crippen molar-refractivity contribution >= 4 is 39.8 Å². The molecule has 2 aromatic rings. The van der Waals surface area contributed by atoms with Gasteiger partial charge in [0.1, 0.15) is 5.00 Å². The van der Waals surface area contributed by atoms with Gasteiger partial charge in [-0.2, -0.15) is 0 Å². The fourth-order valence-electron chi connectivity index (χ4n) is 3.01. The third-order valence-corrected chi connectivity index (χ3v) is 5.68. The van der Waals surface area contributed by atoms with Gasteiger partial charge in [0, 0.05) is 16.3 Å². The lowest BCUT2D eigenvalue weighted by Gasteiger charge is -2.11. The van der Waals surface area contributed by atoms with Crippen LogP contribution in [-0.4, -0.2) is 11.8 Å². The number of rotatable bonds is 5. The Morgan fingerprint density at radius 3 is 2.58 bits per heavy atom. The van der Waals surface area contributed by atoms with E-state index in [1.54, 1.807) is 0 Å². The monoisotopic (exact) mass is 362 g/mol. The minimum absolute atomic E-state index is 0.106. The Hall–Kier alpha value is -1.85. The number of nitrogens with two attached hydrogens (primary N) is 1. The van der Waals surface area contributed by atoms with Crippen molar-refractivity contribution < 1.29 is 9.59 Å². The number of hydrogen-bond acceptors (Lipinski definition) is 3. The lowest BCUT2D eigenvalue weighted by molar-refractivity contribution is -0.116. The SMILES string of the molecule is NC(=O)c1c(NC(=O)CCc2ccc(Cl)cc2)sc2c1CCCC2. The van der Waals surface area contributed by atoms with Gasteiger partial charge in [0.05, 0.1) is 5.56 Å². The Balaban J connectivity index is 1.69. The Kier molecular flexibility index (Phi) is 5.21. The van der Waals surface area contributed by atoms with Gasteiger partial charge >= 0.3 is 0 Å². The van der Waals surface area contributed by atoms with Crippen molar-refractivity contribution in [2.45, 2.75) is 38.5 Å². The largest absolute Gasteiger partial charge is 0.365 e. The maximum absolute atomic E-state index is 12.3. The van der Waals surface area contributed by atoms with Crippen LogP contribution in [0.15, 0.2) is 24.3 Å². The molecule has 1 aliphatic carbocycles. The van der Waals surface area contributed by atoms with Crippen LogP contribution in [0.4, 0.5) is 5.00 Å². The van der Waals surface area contributed by atoms with Gasteiger partial charge in [-0.25, -0.2) is 0 Å². The number of carbonyl (C=O) groups excluding carboxylic acids is 2. The van der Waals surface area contributed by atoms with Crippen LogP contribution in [0.3, 0.4) is 0 Å². The molecule has 0 aliphatic heterocycles. The Labute approximate surface area is 150 Å². The number of anilines is 1. The summed E-state index contributed by atoms with van der Waals surface area (Å²) in [5.41, 5.74) is 8.14. The first-order valence-electron chi connectivity index (χ1n) is 8.03. The van der Waals surface area contributed by atoms with Crippen LogP contribution >= 0.6 is 22.9 Å². The summed E-state index contributed by atoms with van der Waals surface area (Å²) in [5.74, 6) is -0.562. The number of carbonyl (C=O) groups is 2. The zero-order valence-corrected chi connectivity index (χ0v) is 14.8. The second-order valence-corrected chi connectivity index (χ2v) is 7.50. The van der Waals surface area contributed by atoms with E-state index in [9.17, 15) is 9.59 Å². The van der Waals surface area contributed by atoms with Crippen LogP contribution in [-0.2, 0) is 24.1 Å². The molecule has 1 aromatic heterocycles. The van der Waals surface area contributed by atoms with Crippen molar-refractivity contribution in [1.82, 2.24) is 0 Å². The quantitative estimate of drug-likeness (QED) is 0.845. The van der Waals surface area contributed by atoms with Crippen LogP contribution in [0.2, 0.25) is 5.02 Å². The van der Waals surface area contributed by atoms with Gasteiger partial charge in [0.25, 0.3) is 5.91 Å². The third-order valence-electron chi connectivity index (χ3n) is 4.22. The fraction of sp³-hybridized carbons (Fsp3) is 0.333. The van der Waals surface area contributed by atoms with Gasteiger partial charge in [0.15, 0.2) is 0 Å². The molecule has 2 amide bonds. The minimum Gasteiger partial charge on any atom is -0.365 e. The highest BCUT2D eigenvalue weighted by atomic mass is 35.5. The van der Waals surface area contributed by atoms with Crippen molar-refractivity contribution in [3.8, 4) is 0 Å². The van der Waals surface area contributed by atoms with Gasteiger partial charge in [-0.1, -0.05) is 23.7 Å². The van der Waals surface area contributed by atoms with Gasteiger partial charge in [0.2, 0.25) is 5.91 Å². The van der Waals surface area contributed by atoms with E-state index in [-0.39, 0.29) is 5.91 Å². The van der Waals surface area contributed by atoms with E-state index in [0.717, 1.165) is 36.8 Å². The molecule has 1 aliphatic rings. The smallest absolute Gasteiger partial charge is 0.251 e. The van der Waals surface area contributed by atoms with Crippen molar-refractivity contribution in [3.63, 3.8) is 0 Å². The standard InChI is InChI=1S/C18H19ClN2O2S/c19-12-8-5-11(6-9-12)7-10-15(22)21-18-16(17(20)23)13-3-1-2-4-14(13)24-18/h5-6,8-9H,1-4,7,10H2,(H2,20,23)(H,21,22). The summed E-state index contributed by atoms with van der Waals surface area (Å²) in [4.78, 5) is 25.3. The number of primary amides is 1. The highest BCUT2D eigenvalue weighted by Gasteiger charge is 2.24. The molecule has 24 heavy (non-hydrogen) atoms. The van der Waals surface area contributed by atoms with E-state index in [4.69, 9.17) is 17.3 Å². The van der Waals surface area contributed by atoms with Gasteiger partial charge < -0.3 is 11.1 Å². The predicted octanol–water partition coefficient (Wildman–Crippen LogP) is 3.95. The maximum Gasteiger partial charge on any atom is 0.251 e. The summed E-state index contributed by atoms with van der Waals surface area (Å²) in [6.45, 7) is 0. The minimum atomic E-state index is -0.456. The van der Waals surface area contributed by atoms with Crippen molar-refractivity contribution in [1.29, 1.82) is 0 Å². The molecule has 0 bridgehead atoms. The van der Waals surface area contributed by atoms with E-state index >= 15 is 0 Å². The molecule has 0 spiro atoms. The molecular formula is C18H19ClN2O2S. The average molecular weight is 363 g/mol. The first-order chi connectivity index (χ1) is 11.5. The van der Waals surface area contributed by atoms with E-state index in [1.165, 1.54) is 16.2 Å². The van der Waals surface area contributed by atoms with Gasteiger partial charge in [-0.15, -0.1) is 11.3 Å². The van der Waals surface area contributed by atoms with Crippen molar-refractivity contribution in [2.75, 3.05) is 5.32 Å². The lowest BCUT2D eigenvalue weighted by atomic mass is 9.95. The molecule has 1 aromatic carbocycles. The molecule has 3 rings (SSSR count). The highest BCUT2D eigenvalue weighted by Crippen LogP contribution is 2.37. The second-order valence-electron chi connectivity index (χ2n) is 5.95. The number of aryl methyl sites for hydroxylation is 2. The number of halogens is 1. The molecule has 0 unspecified atom stereocenters. The summed E-state index contributed by atoms with van der Waals surface area (Å²) in [7, 11) is 0. The Morgan fingerprint density at radius 1 is 1.17 bits per heavy atom. The van der Waals surface area contributed by atoms with Crippen LogP contribution in [0.25, 0.3) is 0 Å².